The fourth-order valence-electron chi connectivity index (χ4n) is 4.01. The van der Waals surface area contributed by atoms with Crippen LogP contribution >= 0.6 is 11.3 Å². The topological polar surface area (TPSA) is 96.4 Å². The number of nitriles is 1. The number of hydrogen-bond acceptors (Lipinski definition) is 6. The maximum atomic E-state index is 14.0. The van der Waals surface area contributed by atoms with E-state index in [-0.39, 0.29) is 28.7 Å². The molecule has 1 atom stereocenters. The second kappa shape index (κ2) is 7.51. The summed E-state index contributed by atoms with van der Waals surface area (Å²) in [6.45, 7) is -0.00610. The number of para-hydroxylation sites is 1. The van der Waals surface area contributed by atoms with Crippen molar-refractivity contribution in [2.24, 2.45) is 5.73 Å². The van der Waals surface area contributed by atoms with Crippen molar-refractivity contribution in [3.05, 3.63) is 104 Å². The van der Waals surface area contributed by atoms with Gasteiger partial charge in [-0.15, -0.1) is 0 Å². The van der Waals surface area contributed by atoms with Gasteiger partial charge in [-0.2, -0.15) is 16.6 Å². The number of ether oxygens (including phenoxy) is 1. The Balaban J connectivity index is 1.74. The minimum absolute atomic E-state index is 0.00610. The van der Waals surface area contributed by atoms with Crippen molar-refractivity contribution in [1.29, 1.82) is 5.26 Å². The van der Waals surface area contributed by atoms with Gasteiger partial charge in [0.2, 0.25) is 5.88 Å². The lowest BCUT2D eigenvalue weighted by molar-refractivity contribution is 0.357. The van der Waals surface area contributed by atoms with E-state index in [9.17, 15) is 18.1 Å². The molecule has 2 aliphatic heterocycles. The quantitative estimate of drug-likeness (QED) is 0.618. The van der Waals surface area contributed by atoms with Crippen LogP contribution in [0.25, 0.3) is 5.76 Å². The summed E-state index contributed by atoms with van der Waals surface area (Å²) in [6, 6.07) is 16.4. The molecule has 9 heteroatoms. The molecule has 1 aromatic heterocycles. The van der Waals surface area contributed by atoms with E-state index in [2.05, 4.69) is 0 Å². The van der Waals surface area contributed by atoms with Gasteiger partial charge in [0.1, 0.15) is 22.4 Å². The van der Waals surface area contributed by atoms with Crippen LogP contribution in [0.3, 0.4) is 0 Å². The van der Waals surface area contributed by atoms with E-state index >= 15 is 0 Å². The number of nitrogens with zero attached hydrogens (tertiary/aromatic N) is 2. The Morgan fingerprint density at radius 3 is 2.59 bits per heavy atom. The van der Waals surface area contributed by atoms with Gasteiger partial charge in [0, 0.05) is 5.56 Å². The van der Waals surface area contributed by atoms with Gasteiger partial charge in [-0.1, -0.05) is 24.3 Å². The largest absolute Gasteiger partial charge is 0.439 e. The molecular weight excluding hydrogens is 449 g/mol. The third-order valence-corrected chi connectivity index (χ3v) is 8.06. The Morgan fingerprint density at radius 2 is 1.91 bits per heavy atom. The van der Waals surface area contributed by atoms with Crippen LogP contribution in [0.5, 0.6) is 0 Å². The Hall–Kier alpha value is -3.61. The molecule has 0 radical (unpaired) electrons. The highest BCUT2D eigenvalue weighted by molar-refractivity contribution is 7.96. The van der Waals surface area contributed by atoms with Gasteiger partial charge >= 0.3 is 0 Å². The number of rotatable bonds is 3. The molecule has 3 aromatic rings. The van der Waals surface area contributed by atoms with Gasteiger partial charge < -0.3 is 10.5 Å². The molecule has 32 heavy (non-hydrogen) atoms. The van der Waals surface area contributed by atoms with Crippen molar-refractivity contribution >= 4 is 32.8 Å². The van der Waals surface area contributed by atoms with Crippen LogP contribution in [0.2, 0.25) is 0 Å². The normalized spacial score (nSPS) is 19.1. The molecule has 0 saturated carbocycles. The molecule has 0 amide bonds. The monoisotopic (exact) mass is 465 g/mol. The minimum Gasteiger partial charge on any atom is -0.439 e. The van der Waals surface area contributed by atoms with Crippen molar-refractivity contribution in [3.8, 4) is 6.07 Å². The molecule has 2 aliphatic rings. The molecule has 0 fully saturated rings. The summed E-state index contributed by atoms with van der Waals surface area (Å²) in [6.07, 6.45) is 0. The van der Waals surface area contributed by atoms with Gasteiger partial charge in [-0.25, -0.2) is 12.8 Å². The molecule has 0 saturated heterocycles. The van der Waals surface area contributed by atoms with Crippen molar-refractivity contribution in [2.75, 3.05) is 4.31 Å². The molecule has 0 spiro atoms. The number of thiophene rings is 1. The van der Waals surface area contributed by atoms with Gasteiger partial charge in [-0.3, -0.25) is 4.31 Å². The average Bonchev–Trinajstić information content (AvgIpc) is 3.31. The maximum absolute atomic E-state index is 14.0. The van der Waals surface area contributed by atoms with Crippen LogP contribution in [0.4, 0.5) is 10.1 Å². The summed E-state index contributed by atoms with van der Waals surface area (Å²) < 4.78 is 48.4. The Bertz CT molecular complexity index is 1420. The standard InChI is InChI=1S/C23H16FN3O3S2/c24-16-7-5-14(6-8-16)12-27-19-4-2-1-3-17(19)21-22(32(27,28)29)20(15-9-10-31-13-15)18(11-25)23(26)30-21/h1-10,13,20H,12,26H2/t20-/m0/s1. The molecule has 3 heterocycles. The summed E-state index contributed by atoms with van der Waals surface area (Å²) in [5.41, 5.74) is 8.37. The van der Waals surface area contributed by atoms with Crippen LogP contribution in [0, 0.1) is 17.1 Å². The van der Waals surface area contributed by atoms with Gasteiger partial charge in [-0.05, 0) is 52.2 Å². The summed E-state index contributed by atoms with van der Waals surface area (Å²) in [5, 5.41) is 13.4. The Kier molecular flexibility index (Phi) is 4.77. The lowest BCUT2D eigenvalue weighted by Gasteiger charge is -2.38. The number of nitrogens with two attached hydrogens (primary N) is 1. The second-order valence-electron chi connectivity index (χ2n) is 7.33. The number of anilines is 1. The Labute approximate surface area is 188 Å². The van der Waals surface area contributed by atoms with Crippen molar-refractivity contribution in [1.82, 2.24) is 0 Å². The van der Waals surface area contributed by atoms with Crippen molar-refractivity contribution in [3.63, 3.8) is 0 Å². The number of halogens is 1. The van der Waals surface area contributed by atoms with Crippen LogP contribution < -0.4 is 10.0 Å². The predicted octanol–water partition coefficient (Wildman–Crippen LogP) is 4.41. The third-order valence-electron chi connectivity index (χ3n) is 5.47. The number of allylic oxidation sites excluding steroid dienone is 2. The molecular formula is C23H16FN3O3S2. The van der Waals surface area contributed by atoms with Gasteiger partial charge in [0.05, 0.1) is 18.2 Å². The Morgan fingerprint density at radius 1 is 1.16 bits per heavy atom. The molecule has 0 aliphatic carbocycles. The van der Waals surface area contributed by atoms with Crippen LogP contribution in [-0.2, 0) is 21.3 Å². The molecule has 6 nitrogen and oxygen atoms in total. The highest BCUT2D eigenvalue weighted by Crippen LogP contribution is 2.51. The summed E-state index contributed by atoms with van der Waals surface area (Å²) >= 11 is 1.40. The number of benzene rings is 2. The first-order valence-corrected chi connectivity index (χ1v) is 12.0. The van der Waals surface area contributed by atoms with E-state index in [0.717, 1.165) is 0 Å². The number of hydrogen-bond donors (Lipinski definition) is 1. The van der Waals surface area contributed by atoms with E-state index in [1.165, 1.54) is 27.8 Å². The zero-order chi connectivity index (χ0) is 22.5. The molecule has 2 aromatic carbocycles. The highest BCUT2D eigenvalue weighted by atomic mass is 32.2. The fourth-order valence-corrected chi connectivity index (χ4v) is 6.61. The van der Waals surface area contributed by atoms with E-state index in [1.807, 2.05) is 11.4 Å². The van der Waals surface area contributed by atoms with Crippen molar-refractivity contribution < 1.29 is 17.5 Å². The molecule has 160 valence electrons. The van der Waals surface area contributed by atoms with E-state index in [0.29, 0.717) is 22.4 Å². The van der Waals surface area contributed by atoms with Gasteiger partial charge in [0.15, 0.2) is 5.76 Å². The first kappa shape index (κ1) is 20.3. The summed E-state index contributed by atoms with van der Waals surface area (Å²) in [7, 11) is -4.13. The predicted molar refractivity (Wildman–Crippen MR) is 120 cm³/mol. The SMILES string of the molecule is N#CC1=C(N)OC2=C([C@H]1c1ccsc1)S(=O)(=O)N(Cc1ccc(F)cc1)c1ccccc12. The second-order valence-corrected chi connectivity index (χ2v) is 9.94. The average molecular weight is 466 g/mol. The maximum Gasteiger partial charge on any atom is 0.265 e. The summed E-state index contributed by atoms with van der Waals surface area (Å²) in [5.74, 6) is -1.27. The zero-order valence-electron chi connectivity index (χ0n) is 16.5. The van der Waals surface area contributed by atoms with Crippen molar-refractivity contribution in [2.45, 2.75) is 12.5 Å². The summed E-state index contributed by atoms with van der Waals surface area (Å²) in [4.78, 5) is -0.0255. The number of sulfonamides is 1. The third kappa shape index (κ3) is 3.07. The molecule has 2 N–H and O–H groups in total. The molecule has 5 rings (SSSR count). The van der Waals surface area contributed by atoms with E-state index in [1.54, 1.807) is 47.8 Å². The van der Waals surface area contributed by atoms with Crippen LogP contribution in [-0.4, -0.2) is 8.42 Å². The smallest absolute Gasteiger partial charge is 0.265 e. The van der Waals surface area contributed by atoms with E-state index < -0.39 is 21.8 Å². The molecule has 0 unspecified atom stereocenters. The minimum atomic E-state index is -4.13. The first-order valence-electron chi connectivity index (χ1n) is 9.62. The zero-order valence-corrected chi connectivity index (χ0v) is 18.2. The highest BCUT2D eigenvalue weighted by Gasteiger charge is 2.47. The van der Waals surface area contributed by atoms with E-state index in [4.69, 9.17) is 10.5 Å². The number of fused-ring (bicyclic) bond motifs is 2. The fraction of sp³-hybridized carbons (Fsp3) is 0.0870. The van der Waals surface area contributed by atoms with Crippen LogP contribution in [0.1, 0.15) is 22.6 Å². The lowest BCUT2D eigenvalue weighted by atomic mass is 9.90. The van der Waals surface area contributed by atoms with Gasteiger partial charge in [0.25, 0.3) is 10.0 Å². The van der Waals surface area contributed by atoms with Crippen LogP contribution in [0.15, 0.2) is 81.7 Å². The first-order chi connectivity index (χ1) is 15.4. The lowest BCUT2D eigenvalue weighted by Crippen LogP contribution is -2.39. The molecule has 0 bridgehead atoms.